The molecule has 2 aliphatic heterocycles. The van der Waals surface area contributed by atoms with Crippen LogP contribution < -0.4 is 19.9 Å². The number of hydrogen-bond acceptors (Lipinski definition) is 6. The van der Waals surface area contributed by atoms with Crippen molar-refractivity contribution in [3.8, 4) is 17.6 Å². The Balaban J connectivity index is 1.37. The Hall–Kier alpha value is -3.71. The van der Waals surface area contributed by atoms with E-state index in [2.05, 4.69) is 10.8 Å². The van der Waals surface area contributed by atoms with Gasteiger partial charge in [-0.1, -0.05) is 18.2 Å². The fraction of sp³-hybridized carbons (Fsp3) is 0.385. The Morgan fingerprint density at radius 1 is 1.08 bits per heavy atom. The van der Waals surface area contributed by atoms with Crippen LogP contribution in [0.2, 0.25) is 0 Å². The number of pyridine rings is 1. The summed E-state index contributed by atoms with van der Waals surface area (Å²) >= 11 is 0. The van der Waals surface area contributed by atoms with Crippen LogP contribution >= 0.6 is 0 Å². The molecular formula is C26H24F3N3O4. The molecule has 2 aromatic carbocycles. The first-order valence-corrected chi connectivity index (χ1v) is 11.7. The van der Waals surface area contributed by atoms with Gasteiger partial charge in [-0.15, -0.1) is 13.2 Å². The van der Waals surface area contributed by atoms with E-state index in [1.54, 1.807) is 13.1 Å². The van der Waals surface area contributed by atoms with Crippen molar-refractivity contribution in [3.05, 3.63) is 63.9 Å². The second kappa shape index (κ2) is 9.39. The summed E-state index contributed by atoms with van der Waals surface area (Å²) < 4.78 is 54.3. The van der Waals surface area contributed by atoms with Gasteiger partial charge in [0.1, 0.15) is 29.2 Å². The molecule has 2 fully saturated rings. The zero-order valence-electron chi connectivity index (χ0n) is 19.5. The quantitative estimate of drug-likeness (QED) is 0.516. The molecule has 1 aromatic heterocycles. The summed E-state index contributed by atoms with van der Waals surface area (Å²) in [5.41, 5.74) is 2.23. The molecule has 3 heterocycles. The molecule has 0 unspecified atom stereocenters. The monoisotopic (exact) mass is 499 g/mol. The number of piperidine rings is 1. The van der Waals surface area contributed by atoms with Crippen LogP contribution in [0.4, 0.5) is 18.9 Å². The van der Waals surface area contributed by atoms with E-state index in [9.17, 15) is 23.2 Å². The number of nitriles is 1. The van der Waals surface area contributed by atoms with Gasteiger partial charge in [0, 0.05) is 50.3 Å². The first-order valence-electron chi connectivity index (χ1n) is 11.7. The number of hydrogen-bond donors (Lipinski definition) is 0. The van der Waals surface area contributed by atoms with E-state index in [0.717, 1.165) is 16.5 Å². The van der Waals surface area contributed by atoms with Crippen molar-refractivity contribution in [3.63, 3.8) is 0 Å². The lowest BCUT2D eigenvalue weighted by Gasteiger charge is -2.35. The largest absolute Gasteiger partial charge is 0.573 e. The molecular weight excluding hydrogens is 475 g/mol. The number of ether oxygens (including phenoxy) is 3. The molecule has 2 saturated heterocycles. The first-order chi connectivity index (χ1) is 17.2. The summed E-state index contributed by atoms with van der Waals surface area (Å²) in [4.78, 5) is 15.1. The van der Waals surface area contributed by atoms with Crippen LogP contribution in [0.15, 0.2) is 47.3 Å². The Bertz CT molecular complexity index is 1380. The molecule has 0 bridgehead atoms. The van der Waals surface area contributed by atoms with Crippen LogP contribution in [0.3, 0.4) is 0 Å². The number of aryl methyl sites for hydroxylation is 1. The molecule has 0 amide bonds. The summed E-state index contributed by atoms with van der Waals surface area (Å²) in [5, 5.41) is 10.7. The number of benzene rings is 2. The fourth-order valence-electron chi connectivity index (χ4n) is 4.79. The maximum Gasteiger partial charge on any atom is 0.573 e. The molecule has 0 atom stereocenters. The van der Waals surface area contributed by atoms with Gasteiger partial charge in [-0.2, -0.15) is 5.26 Å². The lowest BCUT2D eigenvalue weighted by Crippen LogP contribution is -2.40. The minimum absolute atomic E-state index is 0.0982. The predicted molar refractivity (Wildman–Crippen MR) is 126 cm³/mol. The van der Waals surface area contributed by atoms with Crippen molar-refractivity contribution in [1.82, 2.24) is 4.57 Å². The predicted octanol–water partition coefficient (Wildman–Crippen LogP) is 4.47. The molecule has 3 aromatic rings. The van der Waals surface area contributed by atoms with Gasteiger partial charge in [0.15, 0.2) is 0 Å². The zero-order valence-corrected chi connectivity index (χ0v) is 19.5. The standard InChI is InChI=1S/C26H24F3N3O4/c1-31-23-11-16(17-14-34-15-17)5-6-21(23)24(22(13-30)25(31)33)32-9-7-18(8-10-32)35-19-3-2-4-20(12-19)36-26(27,28)29/h2-6,11-12,17-18H,7-10,14-15H2,1H3. The lowest BCUT2D eigenvalue weighted by molar-refractivity contribution is -0.274. The van der Waals surface area contributed by atoms with Crippen molar-refractivity contribution >= 4 is 16.6 Å². The number of rotatable bonds is 5. The maximum absolute atomic E-state index is 13.1. The van der Waals surface area contributed by atoms with Crippen molar-refractivity contribution < 1.29 is 27.4 Å². The molecule has 0 radical (unpaired) electrons. The minimum Gasteiger partial charge on any atom is -0.490 e. The molecule has 0 aliphatic carbocycles. The van der Waals surface area contributed by atoms with Crippen molar-refractivity contribution in [2.45, 2.75) is 31.2 Å². The summed E-state index contributed by atoms with van der Waals surface area (Å²) in [7, 11) is 1.67. The van der Waals surface area contributed by atoms with Gasteiger partial charge in [0.2, 0.25) is 0 Å². The summed E-state index contributed by atoms with van der Waals surface area (Å²) in [6, 6.07) is 13.6. The van der Waals surface area contributed by atoms with Gasteiger partial charge in [-0.05, 0) is 23.8 Å². The fourth-order valence-corrected chi connectivity index (χ4v) is 4.79. The van der Waals surface area contributed by atoms with E-state index in [4.69, 9.17) is 9.47 Å². The Morgan fingerprint density at radius 3 is 2.44 bits per heavy atom. The van der Waals surface area contributed by atoms with Crippen LogP contribution in [0.1, 0.15) is 29.9 Å². The Kier molecular flexibility index (Phi) is 6.26. The average Bonchev–Trinajstić information content (AvgIpc) is 2.80. The number of nitrogens with zero attached hydrogens (tertiary/aromatic N) is 3. The van der Waals surface area contributed by atoms with Crippen LogP contribution in [-0.2, 0) is 11.8 Å². The van der Waals surface area contributed by atoms with Crippen LogP contribution in [-0.4, -0.2) is 43.3 Å². The highest BCUT2D eigenvalue weighted by Gasteiger charge is 2.31. The summed E-state index contributed by atoms with van der Waals surface area (Å²) in [6.07, 6.45) is -3.85. The van der Waals surface area contributed by atoms with Gasteiger partial charge < -0.3 is 23.7 Å². The second-order valence-electron chi connectivity index (χ2n) is 9.04. The second-order valence-corrected chi connectivity index (χ2v) is 9.04. The van der Waals surface area contributed by atoms with Gasteiger partial charge in [-0.25, -0.2) is 0 Å². The highest BCUT2D eigenvalue weighted by molar-refractivity contribution is 5.95. The van der Waals surface area contributed by atoms with E-state index in [-0.39, 0.29) is 23.0 Å². The van der Waals surface area contributed by atoms with Gasteiger partial charge in [0.25, 0.3) is 5.56 Å². The highest BCUT2D eigenvalue weighted by Crippen LogP contribution is 2.34. The van der Waals surface area contributed by atoms with Crippen LogP contribution in [0.25, 0.3) is 10.9 Å². The maximum atomic E-state index is 13.1. The smallest absolute Gasteiger partial charge is 0.490 e. The van der Waals surface area contributed by atoms with Crippen LogP contribution in [0.5, 0.6) is 11.5 Å². The molecule has 0 N–H and O–H groups in total. The van der Waals surface area contributed by atoms with E-state index >= 15 is 0 Å². The normalized spacial score (nSPS) is 17.0. The molecule has 0 saturated carbocycles. The number of anilines is 1. The Labute approximate surface area is 205 Å². The highest BCUT2D eigenvalue weighted by atomic mass is 19.4. The molecule has 5 rings (SSSR count). The third-order valence-corrected chi connectivity index (χ3v) is 6.71. The number of fused-ring (bicyclic) bond motifs is 1. The molecule has 188 valence electrons. The average molecular weight is 499 g/mol. The SMILES string of the molecule is Cn1c(=O)c(C#N)c(N2CCC(Oc3cccc(OC(F)(F)F)c3)CC2)c2ccc(C3COC3)cc21. The molecule has 0 spiro atoms. The van der Waals surface area contributed by atoms with Crippen molar-refractivity contribution in [1.29, 1.82) is 5.26 Å². The first kappa shape index (κ1) is 24.0. The van der Waals surface area contributed by atoms with Gasteiger partial charge >= 0.3 is 6.36 Å². The van der Waals surface area contributed by atoms with Gasteiger partial charge in [0.05, 0.1) is 24.4 Å². The van der Waals surface area contributed by atoms with E-state index in [1.807, 2.05) is 23.1 Å². The van der Waals surface area contributed by atoms with E-state index < -0.39 is 6.36 Å². The number of alkyl halides is 3. The van der Waals surface area contributed by atoms with Crippen molar-refractivity contribution in [2.75, 3.05) is 31.2 Å². The van der Waals surface area contributed by atoms with Crippen molar-refractivity contribution in [2.24, 2.45) is 7.05 Å². The number of aromatic nitrogens is 1. The molecule has 10 heteroatoms. The van der Waals surface area contributed by atoms with Gasteiger partial charge in [-0.3, -0.25) is 4.79 Å². The van der Waals surface area contributed by atoms with E-state index in [1.165, 1.54) is 22.8 Å². The Morgan fingerprint density at radius 2 is 1.81 bits per heavy atom. The molecule has 36 heavy (non-hydrogen) atoms. The summed E-state index contributed by atoms with van der Waals surface area (Å²) in [6.45, 7) is 2.36. The third kappa shape index (κ3) is 4.71. The number of halogens is 3. The molecule has 7 nitrogen and oxygen atoms in total. The lowest BCUT2D eigenvalue weighted by atomic mass is 9.95. The van der Waals surface area contributed by atoms with E-state index in [0.29, 0.717) is 56.5 Å². The third-order valence-electron chi connectivity index (χ3n) is 6.71. The van der Waals surface area contributed by atoms with Crippen LogP contribution in [0, 0.1) is 11.3 Å². The minimum atomic E-state index is -4.77. The topological polar surface area (TPSA) is 76.7 Å². The molecule has 2 aliphatic rings. The summed E-state index contributed by atoms with van der Waals surface area (Å²) in [5.74, 6) is 0.256. The zero-order chi connectivity index (χ0) is 25.4.